The van der Waals surface area contributed by atoms with E-state index < -0.39 is 18.5 Å². The first kappa shape index (κ1) is 20.2. The van der Waals surface area contributed by atoms with Crippen LogP contribution in [0.4, 0.5) is 5.69 Å². The highest BCUT2D eigenvalue weighted by atomic mass is 16.7. The lowest BCUT2D eigenvalue weighted by Gasteiger charge is -2.12. The van der Waals surface area contributed by atoms with Crippen molar-refractivity contribution in [2.75, 3.05) is 25.3 Å². The highest BCUT2D eigenvalue weighted by molar-refractivity contribution is 6.05. The molecule has 1 aliphatic heterocycles. The van der Waals surface area contributed by atoms with Crippen molar-refractivity contribution in [1.29, 1.82) is 0 Å². The zero-order valence-corrected chi connectivity index (χ0v) is 16.4. The van der Waals surface area contributed by atoms with Gasteiger partial charge in [0.05, 0.1) is 5.69 Å². The molecule has 0 aromatic heterocycles. The van der Waals surface area contributed by atoms with Crippen LogP contribution in [0.2, 0.25) is 0 Å². The van der Waals surface area contributed by atoms with Gasteiger partial charge in [0.25, 0.3) is 5.91 Å². The Bertz CT molecular complexity index is 968. The standard InChI is InChI=1S/C21H21NO7/c1-12-5-4-6-17(13(12)2)26-10-21(25)27-9-20(24)22-16-8-19-18(28-11-29-19)7-15(16)14(3)23/h4-8H,9-11H2,1-3H3,(H,22,24). The topological polar surface area (TPSA) is 100 Å². The van der Waals surface area contributed by atoms with Gasteiger partial charge in [0.2, 0.25) is 6.79 Å². The molecule has 0 spiro atoms. The zero-order chi connectivity index (χ0) is 21.0. The minimum atomic E-state index is -0.682. The summed E-state index contributed by atoms with van der Waals surface area (Å²) in [7, 11) is 0. The Hall–Kier alpha value is -3.55. The number of nitrogens with one attached hydrogen (secondary N) is 1. The van der Waals surface area contributed by atoms with E-state index in [0.29, 0.717) is 17.2 Å². The number of benzene rings is 2. The second-order valence-corrected chi connectivity index (χ2v) is 6.50. The molecule has 1 N–H and O–H groups in total. The lowest BCUT2D eigenvalue weighted by molar-refractivity contribution is -0.149. The molecule has 29 heavy (non-hydrogen) atoms. The van der Waals surface area contributed by atoms with E-state index in [9.17, 15) is 14.4 Å². The third kappa shape index (κ3) is 4.84. The van der Waals surface area contributed by atoms with Gasteiger partial charge in [0.15, 0.2) is 30.5 Å². The van der Waals surface area contributed by atoms with Crippen molar-refractivity contribution in [3.05, 3.63) is 47.0 Å². The van der Waals surface area contributed by atoms with E-state index >= 15 is 0 Å². The van der Waals surface area contributed by atoms with Crippen molar-refractivity contribution in [3.8, 4) is 17.2 Å². The molecule has 0 aliphatic carbocycles. The first-order valence-electron chi connectivity index (χ1n) is 8.94. The van der Waals surface area contributed by atoms with Gasteiger partial charge in [-0.15, -0.1) is 0 Å². The Labute approximate surface area is 167 Å². The van der Waals surface area contributed by atoms with Crippen LogP contribution >= 0.6 is 0 Å². The molecule has 152 valence electrons. The molecule has 2 aromatic rings. The summed E-state index contributed by atoms with van der Waals surface area (Å²) in [5.41, 5.74) is 2.50. The average molecular weight is 399 g/mol. The molecule has 8 heteroatoms. The van der Waals surface area contributed by atoms with Crippen LogP contribution in [0.3, 0.4) is 0 Å². The lowest BCUT2D eigenvalue weighted by Crippen LogP contribution is -2.24. The van der Waals surface area contributed by atoms with Crippen LogP contribution in [-0.2, 0) is 14.3 Å². The number of hydrogen-bond acceptors (Lipinski definition) is 7. The minimum absolute atomic E-state index is 0.0438. The number of ether oxygens (including phenoxy) is 4. The van der Waals surface area contributed by atoms with E-state index in [2.05, 4.69) is 5.32 Å². The van der Waals surface area contributed by atoms with Gasteiger partial charge in [-0.05, 0) is 44.0 Å². The predicted molar refractivity (Wildman–Crippen MR) is 104 cm³/mol. The first-order valence-corrected chi connectivity index (χ1v) is 8.94. The normalized spacial score (nSPS) is 11.7. The van der Waals surface area contributed by atoms with Crippen molar-refractivity contribution in [1.82, 2.24) is 0 Å². The number of Topliss-reactive ketones (excluding diaryl/α,β-unsaturated/α-hetero) is 1. The maximum atomic E-state index is 12.2. The van der Waals surface area contributed by atoms with Crippen LogP contribution in [0, 0.1) is 13.8 Å². The van der Waals surface area contributed by atoms with E-state index in [-0.39, 0.29) is 30.4 Å². The van der Waals surface area contributed by atoms with Crippen LogP contribution in [0.1, 0.15) is 28.4 Å². The highest BCUT2D eigenvalue weighted by Gasteiger charge is 2.20. The number of carbonyl (C=O) groups excluding carboxylic acids is 3. The largest absolute Gasteiger partial charge is 0.482 e. The molecule has 0 saturated heterocycles. The van der Waals surface area contributed by atoms with Crippen molar-refractivity contribution >= 4 is 23.3 Å². The average Bonchev–Trinajstić information content (AvgIpc) is 3.14. The molecule has 0 fully saturated rings. The molecule has 0 saturated carbocycles. The third-order valence-corrected chi connectivity index (χ3v) is 4.43. The molecule has 0 atom stereocenters. The molecule has 2 aromatic carbocycles. The molecule has 1 amide bonds. The first-order chi connectivity index (χ1) is 13.8. The van der Waals surface area contributed by atoms with Gasteiger partial charge in [0.1, 0.15) is 5.75 Å². The molecular formula is C21H21NO7. The number of rotatable bonds is 7. The summed E-state index contributed by atoms with van der Waals surface area (Å²) in [6, 6.07) is 8.53. The molecule has 0 radical (unpaired) electrons. The van der Waals surface area contributed by atoms with Gasteiger partial charge < -0.3 is 24.3 Å². The quantitative estimate of drug-likeness (QED) is 0.564. The smallest absolute Gasteiger partial charge is 0.344 e. The minimum Gasteiger partial charge on any atom is -0.482 e. The summed E-state index contributed by atoms with van der Waals surface area (Å²) >= 11 is 0. The maximum absolute atomic E-state index is 12.2. The van der Waals surface area contributed by atoms with Gasteiger partial charge in [0, 0.05) is 11.6 Å². The monoisotopic (exact) mass is 399 g/mol. The summed E-state index contributed by atoms with van der Waals surface area (Å²) in [5, 5.41) is 2.55. The summed E-state index contributed by atoms with van der Waals surface area (Å²) < 4.78 is 20.9. The number of fused-ring (bicyclic) bond motifs is 1. The van der Waals surface area contributed by atoms with Gasteiger partial charge in [-0.1, -0.05) is 12.1 Å². The Morgan fingerprint density at radius 2 is 1.79 bits per heavy atom. The van der Waals surface area contributed by atoms with Gasteiger partial charge in [-0.3, -0.25) is 9.59 Å². The number of carbonyl (C=O) groups is 3. The Morgan fingerprint density at radius 1 is 1.07 bits per heavy atom. The highest BCUT2D eigenvalue weighted by Crippen LogP contribution is 2.37. The van der Waals surface area contributed by atoms with Crippen LogP contribution < -0.4 is 19.5 Å². The second-order valence-electron chi connectivity index (χ2n) is 6.50. The SMILES string of the molecule is CC(=O)c1cc2c(cc1NC(=O)COC(=O)COc1cccc(C)c1C)OCO2. The number of ketones is 1. The van der Waals surface area contributed by atoms with Crippen LogP contribution in [0.15, 0.2) is 30.3 Å². The van der Waals surface area contributed by atoms with Gasteiger partial charge in [-0.2, -0.15) is 0 Å². The molecular weight excluding hydrogens is 378 g/mol. The number of hydrogen-bond donors (Lipinski definition) is 1. The summed E-state index contributed by atoms with van der Waals surface area (Å²) in [6.07, 6.45) is 0. The third-order valence-electron chi connectivity index (χ3n) is 4.43. The zero-order valence-electron chi connectivity index (χ0n) is 16.4. The second kappa shape index (κ2) is 8.64. The fraction of sp³-hybridized carbons (Fsp3) is 0.286. The van der Waals surface area contributed by atoms with E-state index in [1.807, 2.05) is 26.0 Å². The summed E-state index contributed by atoms with van der Waals surface area (Å²) in [4.78, 5) is 35.9. The molecule has 1 heterocycles. The number of amides is 1. The van der Waals surface area contributed by atoms with E-state index in [1.54, 1.807) is 6.07 Å². The molecule has 1 aliphatic rings. The van der Waals surface area contributed by atoms with Crippen molar-refractivity contribution in [2.24, 2.45) is 0 Å². The van der Waals surface area contributed by atoms with Gasteiger partial charge in [-0.25, -0.2) is 4.79 Å². The summed E-state index contributed by atoms with van der Waals surface area (Å²) in [6.45, 7) is 4.42. The van der Waals surface area contributed by atoms with Crippen molar-refractivity contribution in [3.63, 3.8) is 0 Å². The predicted octanol–water partition coefficient (Wildman–Crippen LogP) is 2.80. The fourth-order valence-electron chi connectivity index (χ4n) is 2.73. The Kier molecular flexibility index (Phi) is 6.01. The maximum Gasteiger partial charge on any atom is 0.344 e. The molecule has 0 bridgehead atoms. The van der Waals surface area contributed by atoms with E-state index in [1.165, 1.54) is 19.1 Å². The van der Waals surface area contributed by atoms with E-state index in [0.717, 1.165) is 11.1 Å². The number of aryl methyl sites for hydroxylation is 1. The van der Waals surface area contributed by atoms with Crippen LogP contribution in [-0.4, -0.2) is 37.7 Å². The lowest BCUT2D eigenvalue weighted by atomic mass is 10.1. The fourth-order valence-corrected chi connectivity index (χ4v) is 2.73. The van der Waals surface area contributed by atoms with Gasteiger partial charge >= 0.3 is 5.97 Å². The Morgan fingerprint density at radius 3 is 2.52 bits per heavy atom. The number of anilines is 1. The Balaban J connectivity index is 1.54. The molecule has 0 unspecified atom stereocenters. The summed E-state index contributed by atoms with van der Waals surface area (Å²) in [5.74, 6) is -0.0900. The van der Waals surface area contributed by atoms with Crippen LogP contribution in [0.25, 0.3) is 0 Å². The van der Waals surface area contributed by atoms with E-state index in [4.69, 9.17) is 18.9 Å². The van der Waals surface area contributed by atoms with Crippen LogP contribution in [0.5, 0.6) is 17.2 Å². The molecule has 3 rings (SSSR count). The number of esters is 1. The van der Waals surface area contributed by atoms with Crippen molar-refractivity contribution < 1.29 is 33.3 Å². The van der Waals surface area contributed by atoms with Crippen molar-refractivity contribution in [2.45, 2.75) is 20.8 Å². The molecule has 8 nitrogen and oxygen atoms in total.